The molecular formula is C42H57N3O10. The minimum Gasteiger partial charge on any atom is -0.446 e. The Bertz CT molecular complexity index is 1520. The molecule has 0 fully saturated rings. The third kappa shape index (κ3) is 18.3. The Morgan fingerprint density at radius 2 is 1.20 bits per heavy atom. The van der Waals surface area contributed by atoms with E-state index < -0.39 is 0 Å². The van der Waals surface area contributed by atoms with Crippen LogP contribution in [0.3, 0.4) is 0 Å². The highest BCUT2D eigenvalue weighted by Gasteiger charge is 2.21. The maximum Gasteiger partial charge on any atom is 0.407 e. The summed E-state index contributed by atoms with van der Waals surface area (Å²) in [5.41, 5.74) is 3.46. The van der Waals surface area contributed by atoms with Crippen LogP contribution in [-0.2, 0) is 49.3 Å². The summed E-state index contributed by atoms with van der Waals surface area (Å²) < 4.78 is 38.5. The van der Waals surface area contributed by atoms with Crippen LogP contribution in [0.15, 0.2) is 60.7 Å². The second kappa shape index (κ2) is 27.3. The van der Waals surface area contributed by atoms with Crippen LogP contribution in [0.2, 0.25) is 0 Å². The van der Waals surface area contributed by atoms with Crippen molar-refractivity contribution in [1.82, 2.24) is 10.6 Å². The van der Waals surface area contributed by atoms with Gasteiger partial charge in [0.25, 0.3) is 0 Å². The quantitative estimate of drug-likeness (QED) is 0.0841. The molecule has 2 aromatic carbocycles. The van der Waals surface area contributed by atoms with E-state index in [0.717, 1.165) is 54.5 Å². The molecule has 1 unspecified atom stereocenters. The molecule has 55 heavy (non-hydrogen) atoms. The first-order valence-electron chi connectivity index (χ1n) is 19.4. The maximum absolute atomic E-state index is 13.3. The van der Waals surface area contributed by atoms with Gasteiger partial charge in [0.15, 0.2) is 0 Å². The molecular weight excluding hydrogens is 706 g/mol. The highest BCUT2D eigenvalue weighted by molar-refractivity contribution is 5.95. The fourth-order valence-corrected chi connectivity index (χ4v) is 5.77. The number of amides is 3. The van der Waals surface area contributed by atoms with Gasteiger partial charge < -0.3 is 48.7 Å². The van der Waals surface area contributed by atoms with Gasteiger partial charge >= 0.3 is 6.09 Å². The number of ether oxygens (including phenoxy) is 7. The summed E-state index contributed by atoms with van der Waals surface area (Å²) in [5.74, 6) is 6.16. The number of carbonyl (C=O) groups excluding carboxylic acids is 3. The van der Waals surface area contributed by atoms with Gasteiger partial charge in [0.05, 0.1) is 91.5 Å². The Morgan fingerprint density at radius 1 is 0.618 bits per heavy atom. The lowest BCUT2D eigenvalue weighted by Crippen LogP contribution is -2.35. The first kappa shape index (κ1) is 43.4. The zero-order valence-electron chi connectivity index (χ0n) is 31.9. The Morgan fingerprint density at radius 3 is 1.91 bits per heavy atom. The average molecular weight is 764 g/mol. The van der Waals surface area contributed by atoms with E-state index in [1.165, 1.54) is 0 Å². The molecule has 1 aliphatic heterocycles. The standard InChI is InChI=1S/C42H57N3O10/c46-40(43-20-18-41(47)45-34-37-12-7-6-10-35(37)16-17-36-11-8-9-15-39(36)45)19-22-49-24-26-51-28-30-53-32-33-54-31-29-52-27-25-50-23-21-44-42(48)55-38-13-4-2-1-3-5-14-38/h1-2,6-12,15,38H,3-5,13-14,18-34H2,(H,43,46)(H,44,48)/b2-1+. The Kier molecular flexibility index (Phi) is 21.6. The molecule has 0 saturated heterocycles. The lowest BCUT2D eigenvalue weighted by atomic mass is 10.0. The van der Waals surface area contributed by atoms with E-state index in [0.29, 0.717) is 85.8 Å². The molecule has 13 heteroatoms. The number of alkyl carbamates (subject to hydrolysis) is 1. The normalized spacial score (nSPS) is 15.5. The van der Waals surface area contributed by atoms with Crippen LogP contribution < -0.4 is 15.5 Å². The number of benzene rings is 2. The first-order valence-corrected chi connectivity index (χ1v) is 19.4. The third-order valence-corrected chi connectivity index (χ3v) is 8.68. The van der Waals surface area contributed by atoms with E-state index in [4.69, 9.17) is 33.2 Å². The number of fused-ring (bicyclic) bond motifs is 2. The van der Waals surface area contributed by atoms with E-state index in [1.807, 2.05) is 48.5 Å². The summed E-state index contributed by atoms with van der Waals surface area (Å²) in [6, 6.07) is 15.5. The predicted octanol–water partition coefficient (Wildman–Crippen LogP) is 4.54. The number of nitrogens with zero attached hydrogens (tertiary/aromatic N) is 1. The molecule has 2 aliphatic rings. The number of carbonyl (C=O) groups is 3. The second-order valence-corrected chi connectivity index (χ2v) is 12.9. The van der Waals surface area contributed by atoms with E-state index in [2.05, 4.69) is 34.6 Å². The topological polar surface area (TPSA) is 143 Å². The van der Waals surface area contributed by atoms with Crippen LogP contribution in [0.25, 0.3) is 0 Å². The minimum absolute atomic E-state index is 0.0186. The van der Waals surface area contributed by atoms with E-state index >= 15 is 0 Å². The summed E-state index contributed by atoms with van der Waals surface area (Å²) in [5, 5.41) is 5.55. The van der Waals surface area contributed by atoms with Crippen LogP contribution in [0.5, 0.6) is 0 Å². The van der Waals surface area contributed by atoms with Gasteiger partial charge in [-0.2, -0.15) is 0 Å². The number of nitrogens with one attached hydrogen (secondary N) is 2. The molecule has 1 heterocycles. The summed E-state index contributed by atoms with van der Waals surface area (Å²) in [4.78, 5) is 39.3. The van der Waals surface area contributed by atoms with Crippen LogP contribution in [0.4, 0.5) is 10.5 Å². The molecule has 1 atom stereocenters. The fourth-order valence-electron chi connectivity index (χ4n) is 5.77. The highest BCUT2D eigenvalue weighted by Crippen LogP contribution is 2.26. The molecule has 0 spiro atoms. The van der Waals surface area contributed by atoms with Crippen LogP contribution in [0, 0.1) is 11.8 Å². The van der Waals surface area contributed by atoms with Crippen molar-refractivity contribution in [3.05, 3.63) is 77.4 Å². The average Bonchev–Trinajstić information content (AvgIpc) is 3.17. The van der Waals surface area contributed by atoms with E-state index in [-0.39, 0.29) is 50.0 Å². The smallest absolute Gasteiger partial charge is 0.407 e. The lowest BCUT2D eigenvalue weighted by molar-refractivity contribution is -0.122. The maximum atomic E-state index is 13.3. The monoisotopic (exact) mass is 763 g/mol. The van der Waals surface area contributed by atoms with Gasteiger partial charge in [0.2, 0.25) is 11.8 Å². The molecule has 13 nitrogen and oxygen atoms in total. The summed E-state index contributed by atoms with van der Waals surface area (Å²) >= 11 is 0. The molecule has 0 radical (unpaired) electrons. The molecule has 3 amide bonds. The van der Waals surface area contributed by atoms with Gasteiger partial charge in [0, 0.05) is 37.1 Å². The third-order valence-electron chi connectivity index (χ3n) is 8.68. The number of anilines is 1. The van der Waals surface area contributed by atoms with Crippen molar-refractivity contribution in [3.8, 4) is 11.8 Å². The minimum atomic E-state index is -0.387. The number of rotatable bonds is 25. The van der Waals surface area contributed by atoms with Gasteiger partial charge in [-0.15, -0.1) is 0 Å². The summed E-state index contributed by atoms with van der Waals surface area (Å²) in [6.07, 6.45) is 9.10. The summed E-state index contributed by atoms with van der Waals surface area (Å²) in [6.45, 7) is 6.01. The highest BCUT2D eigenvalue weighted by atomic mass is 16.6. The second-order valence-electron chi connectivity index (χ2n) is 12.9. The Labute approximate surface area is 325 Å². The van der Waals surface area contributed by atoms with Crippen molar-refractivity contribution >= 4 is 23.6 Å². The molecule has 300 valence electrons. The molecule has 2 aromatic rings. The molecule has 0 aromatic heterocycles. The zero-order valence-corrected chi connectivity index (χ0v) is 31.9. The van der Waals surface area contributed by atoms with Crippen LogP contribution in [0.1, 0.15) is 61.6 Å². The van der Waals surface area contributed by atoms with Crippen molar-refractivity contribution in [2.24, 2.45) is 0 Å². The van der Waals surface area contributed by atoms with Gasteiger partial charge in [-0.3, -0.25) is 9.59 Å². The van der Waals surface area contributed by atoms with Crippen molar-refractivity contribution in [3.63, 3.8) is 0 Å². The Hall–Kier alpha value is -4.29. The SMILES string of the molecule is O=C(CCOCCOCCOCCOCCOCCOCCNC(=O)OC1CC/C=C/CCC1)NCCC(=O)N1Cc2ccccc2C#Cc2ccccc21. The first-order chi connectivity index (χ1) is 27.1. The van der Waals surface area contributed by atoms with Crippen LogP contribution >= 0.6 is 0 Å². The summed E-state index contributed by atoms with van der Waals surface area (Å²) in [7, 11) is 0. The molecule has 1 aliphatic carbocycles. The van der Waals surface area contributed by atoms with Gasteiger partial charge in [0.1, 0.15) is 6.10 Å². The van der Waals surface area contributed by atoms with Gasteiger partial charge in [-0.05, 0) is 55.9 Å². The van der Waals surface area contributed by atoms with E-state index in [9.17, 15) is 14.4 Å². The van der Waals surface area contributed by atoms with Gasteiger partial charge in [-0.25, -0.2) is 4.79 Å². The molecule has 0 bridgehead atoms. The van der Waals surface area contributed by atoms with Gasteiger partial charge in [-0.1, -0.05) is 54.3 Å². The number of para-hydroxylation sites is 1. The number of allylic oxidation sites excluding steroid dienone is 2. The molecule has 0 saturated carbocycles. The molecule has 2 N–H and O–H groups in total. The van der Waals surface area contributed by atoms with Crippen molar-refractivity contribution in [2.45, 2.75) is 57.6 Å². The lowest BCUT2D eigenvalue weighted by Gasteiger charge is -2.26. The fraction of sp³-hybridized carbons (Fsp3) is 0.548. The van der Waals surface area contributed by atoms with Crippen molar-refractivity contribution < 1.29 is 47.5 Å². The van der Waals surface area contributed by atoms with Crippen molar-refractivity contribution in [2.75, 3.05) is 97.3 Å². The molecule has 4 rings (SSSR count). The number of hydrogen-bond acceptors (Lipinski definition) is 10. The predicted molar refractivity (Wildman–Crippen MR) is 208 cm³/mol. The number of hydrogen-bond donors (Lipinski definition) is 2. The van der Waals surface area contributed by atoms with E-state index in [1.54, 1.807) is 4.90 Å². The zero-order chi connectivity index (χ0) is 38.6. The van der Waals surface area contributed by atoms with Crippen molar-refractivity contribution in [1.29, 1.82) is 0 Å². The Balaban J connectivity index is 0.877. The largest absolute Gasteiger partial charge is 0.446 e. The van der Waals surface area contributed by atoms with Crippen LogP contribution in [-0.4, -0.2) is 116 Å².